The van der Waals surface area contributed by atoms with Gasteiger partial charge in [-0.25, -0.2) is 14.4 Å². The molecule has 0 amide bonds. The SMILES string of the molecule is Cc1ccc(CNc2cc(Nc3cccc(F)c3)nc(C)n2)cc1. The van der Waals surface area contributed by atoms with Crippen LogP contribution in [0.1, 0.15) is 17.0 Å². The number of rotatable bonds is 5. The summed E-state index contributed by atoms with van der Waals surface area (Å²) in [6.45, 7) is 4.57. The molecule has 4 nitrogen and oxygen atoms in total. The first-order valence-electron chi connectivity index (χ1n) is 7.76. The van der Waals surface area contributed by atoms with Crippen LogP contribution < -0.4 is 10.6 Å². The Labute approximate surface area is 140 Å². The van der Waals surface area contributed by atoms with E-state index in [1.165, 1.54) is 23.3 Å². The lowest BCUT2D eigenvalue weighted by Crippen LogP contribution is -2.05. The maximum Gasteiger partial charge on any atom is 0.136 e. The first-order valence-corrected chi connectivity index (χ1v) is 7.76. The quantitative estimate of drug-likeness (QED) is 0.721. The molecule has 3 rings (SSSR count). The number of nitrogens with one attached hydrogen (secondary N) is 2. The van der Waals surface area contributed by atoms with Crippen LogP contribution >= 0.6 is 0 Å². The topological polar surface area (TPSA) is 49.8 Å². The van der Waals surface area contributed by atoms with Gasteiger partial charge in [0, 0.05) is 18.3 Å². The van der Waals surface area contributed by atoms with Crippen LogP contribution in [-0.2, 0) is 6.54 Å². The third kappa shape index (κ3) is 4.29. The van der Waals surface area contributed by atoms with E-state index in [9.17, 15) is 4.39 Å². The summed E-state index contributed by atoms with van der Waals surface area (Å²) in [5, 5.41) is 6.39. The van der Waals surface area contributed by atoms with Gasteiger partial charge >= 0.3 is 0 Å². The maximum absolute atomic E-state index is 13.3. The molecule has 3 aromatic rings. The highest BCUT2D eigenvalue weighted by Crippen LogP contribution is 2.18. The monoisotopic (exact) mass is 322 g/mol. The van der Waals surface area contributed by atoms with Crippen molar-refractivity contribution in [2.24, 2.45) is 0 Å². The zero-order valence-electron chi connectivity index (χ0n) is 13.7. The average molecular weight is 322 g/mol. The van der Waals surface area contributed by atoms with Crippen molar-refractivity contribution >= 4 is 17.3 Å². The van der Waals surface area contributed by atoms with Gasteiger partial charge in [0.05, 0.1) is 0 Å². The van der Waals surface area contributed by atoms with Gasteiger partial charge in [-0.05, 0) is 37.6 Å². The van der Waals surface area contributed by atoms with Crippen molar-refractivity contribution in [2.75, 3.05) is 10.6 Å². The van der Waals surface area contributed by atoms with Crippen LogP contribution in [0.3, 0.4) is 0 Å². The van der Waals surface area contributed by atoms with Crippen LogP contribution in [0.5, 0.6) is 0 Å². The Kier molecular flexibility index (Phi) is 4.70. The van der Waals surface area contributed by atoms with Crippen LogP contribution in [-0.4, -0.2) is 9.97 Å². The Bertz CT molecular complexity index is 831. The van der Waals surface area contributed by atoms with E-state index in [4.69, 9.17) is 0 Å². The summed E-state index contributed by atoms with van der Waals surface area (Å²) in [4.78, 5) is 8.73. The molecule has 0 spiro atoms. The highest BCUT2D eigenvalue weighted by molar-refractivity contribution is 5.59. The molecule has 5 heteroatoms. The van der Waals surface area contributed by atoms with Gasteiger partial charge < -0.3 is 10.6 Å². The zero-order valence-corrected chi connectivity index (χ0v) is 13.7. The Morgan fingerprint density at radius 2 is 1.67 bits per heavy atom. The fraction of sp³-hybridized carbons (Fsp3) is 0.158. The van der Waals surface area contributed by atoms with E-state index < -0.39 is 0 Å². The molecule has 0 bridgehead atoms. The molecular weight excluding hydrogens is 303 g/mol. The number of aromatic nitrogens is 2. The van der Waals surface area contributed by atoms with Gasteiger partial charge in [0.1, 0.15) is 23.3 Å². The Morgan fingerprint density at radius 3 is 2.42 bits per heavy atom. The molecule has 0 radical (unpaired) electrons. The zero-order chi connectivity index (χ0) is 16.9. The molecule has 24 heavy (non-hydrogen) atoms. The van der Waals surface area contributed by atoms with Crippen LogP contribution in [0.2, 0.25) is 0 Å². The molecule has 1 heterocycles. The second-order valence-electron chi connectivity index (χ2n) is 5.66. The lowest BCUT2D eigenvalue weighted by Gasteiger charge is -2.10. The molecule has 0 atom stereocenters. The Morgan fingerprint density at radius 1 is 0.917 bits per heavy atom. The van der Waals surface area contributed by atoms with Gasteiger partial charge in [-0.15, -0.1) is 0 Å². The normalized spacial score (nSPS) is 10.5. The number of aryl methyl sites for hydroxylation is 2. The molecular formula is C19H19FN4. The van der Waals surface area contributed by atoms with Crippen molar-refractivity contribution in [3.63, 3.8) is 0 Å². The molecule has 0 aliphatic heterocycles. The molecule has 0 saturated carbocycles. The van der Waals surface area contributed by atoms with E-state index >= 15 is 0 Å². The fourth-order valence-electron chi connectivity index (χ4n) is 2.33. The van der Waals surface area contributed by atoms with Gasteiger partial charge in [0.2, 0.25) is 0 Å². The van der Waals surface area contributed by atoms with Crippen LogP contribution in [0.15, 0.2) is 54.6 Å². The largest absolute Gasteiger partial charge is 0.366 e. The van der Waals surface area contributed by atoms with E-state index in [1.807, 2.05) is 13.0 Å². The standard InChI is InChI=1S/C19H19FN4/c1-13-6-8-15(9-7-13)12-21-18-11-19(23-14(2)22-18)24-17-5-3-4-16(20)10-17/h3-11H,12H2,1-2H3,(H2,21,22,23,24). The first-order chi connectivity index (χ1) is 11.6. The average Bonchev–Trinajstić information content (AvgIpc) is 2.54. The van der Waals surface area contributed by atoms with Crippen molar-refractivity contribution in [3.05, 3.63) is 77.4 Å². The summed E-state index contributed by atoms with van der Waals surface area (Å²) in [7, 11) is 0. The van der Waals surface area contributed by atoms with Crippen LogP contribution in [0.25, 0.3) is 0 Å². The molecule has 0 unspecified atom stereocenters. The molecule has 2 N–H and O–H groups in total. The first kappa shape index (κ1) is 15.9. The van der Waals surface area contributed by atoms with Gasteiger partial charge in [-0.3, -0.25) is 0 Å². The van der Waals surface area contributed by atoms with Gasteiger partial charge in [0.15, 0.2) is 0 Å². The second kappa shape index (κ2) is 7.08. The molecule has 0 fully saturated rings. The summed E-state index contributed by atoms with van der Waals surface area (Å²) < 4.78 is 13.3. The fourth-order valence-corrected chi connectivity index (χ4v) is 2.33. The van der Waals surface area contributed by atoms with Crippen LogP contribution in [0.4, 0.5) is 21.7 Å². The van der Waals surface area contributed by atoms with Crippen molar-refractivity contribution in [3.8, 4) is 0 Å². The maximum atomic E-state index is 13.3. The third-order valence-electron chi connectivity index (χ3n) is 3.53. The smallest absolute Gasteiger partial charge is 0.136 e. The molecule has 1 aromatic heterocycles. The van der Waals surface area contributed by atoms with E-state index in [2.05, 4.69) is 51.8 Å². The number of benzene rings is 2. The van der Waals surface area contributed by atoms with Gasteiger partial charge in [-0.2, -0.15) is 0 Å². The van der Waals surface area contributed by atoms with E-state index in [-0.39, 0.29) is 5.82 Å². The summed E-state index contributed by atoms with van der Waals surface area (Å²) >= 11 is 0. The molecule has 0 aliphatic carbocycles. The molecule has 0 aliphatic rings. The van der Waals surface area contributed by atoms with Crippen LogP contribution in [0, 0.1) is 19.7 Å². The summed E-state index contributed by atoms with van der Waals surface area (Å²) in [5.41, 5.74) is 3.06. The molecule has 2 aromatic carbocycles. The summed E-state index contributed by atoms with van der Waals surface area (Å²) in [5.74, 6) is 1.70. The lowest BCUT2D eigenvalue weighted by atomic mass is 10.1. The van der Waals surface area contributed by atoms with Crippen molar-refractivity contribution in [2.45, 2.75) is 20.4 Å². The minimum Gasteiger partial charge on any atom is -0.366 e. The molecule has 0 saturated heterocycles. The summed E-state index contributed by atoms with van der Waals surface area (Å²) in [6.07, 6.45) is 0. The Balaban J connectivity index is 1.72. The minimum absolute atomic E-state index is 0.288. The molecule has 122 valence electrons. The van der Waals surface area contributed by atoms with Crippen molar-refractivity contribution in [1.29, 1.82) is 0 Å². The number of hydrogen-bond acceptors (Lipinski definition) is 4. The minimum atomic E-state index is -0.288. The van der Waals surface area contributed by atoms with Crippen molar-refractivity contribution < 1.29 is 4.39 Å². The highest BCUT2D eigenvalue weighted by Gasteiger charge is 2.03. The lowest BCUT2D eigenvalue weighted by molar-refractivity contribution is 0.628. The predicted molar refractivity (Wildman–Crippen MR) is 95.0 cm³/mol. The third-order valence-corrected chi connectivity index (χ3v) is 3.53. The summed E-state index contributed by atoms with van der Waals surface area (Å²) in [6, 6.07) is 16.4. The van der Waals surface area contributed by atoms with Gasteiger partial charge in [-0.1, -0.05) is 35.9 Å². The number of halogens is 1. The van der Waals surface area contributed by atoms with E-state index in [0.29, 0.717) is 23.9 Å². The number of anilines is 3. The number of nitrogens with zero attached hydrogens (tertiary/aromatic N) is 2. The van der Waals surface area contributed by atoms with Crippen molar-refractivity contribution in [1.82, 2.24) is 9.97 Å². The van der Waals surface area contributed by atoms with E-state index in [0.717, 1.165) is 5.82 Å². The highest BCUT2D eigenvalue weighted by atomic mass is 19.1. The van der Waals surface area contributed by atoms with Gasteiger partial charge in [0.25, 0.3) is 0 Å². The van der Waals surface area contributed by atoms with E-state index in [1.54, 1.807) is 12.1 Å². The second-order valence-corrected chi connectivity index (χ2v) is 5.66. The Hall–Kier alpha value is -2.95. The predicted octanol–water partition coefficient (Wildman–Crippen LogP) is 4.59. The number of hydrogen-bond donors (Lipinski definition) is 2.